The first-order valence-electron chi connectivity index (χ1n) is 14.5. The molecule has 1 heterocycles. The molecule has 208 valence electrons. The van der Waals surface area contributed by atoms with Gasteiger partial charge in [0.25, 0.3) is 0 Å². The second kappa shape index (κ2) is 12.1. The van der Waals surface area contributed by atoms with Gasteiger partial charge in [-0.3, -0.25) is 19.9 Å². The Balaban J connectivity index is 1.67. The van der Waals surface area contributed by atoms with Gasteiger partial charge >= 0.3 is 6.18 Å². The van der Waals surface area contributed by atoms with Gasteiger partial charge < -0.3 is 5.32 Å². The quantitative estimate of drug-likeness (QED) is 0.412. The third kappa shape index (κ3) is 6.92. The molecule has 3 fully saturated rings. The summed E-state index contributed by atoms with van der Waals surface area (Å²) in [7, 11) is 1.78. The molecule has 0 aromatic rings. The molecule has 4 atom stereocenters. The molecule has 1 aliphatic heterocycles. The van der Waals surface area contributed by atoms with E-state index < -0.39 is 12.1 Å². The first kappa shape index (κ1) is 28.5. The molecule has 1 saturated heterocycles. The lowest BCUT2D eigenvalue weighted by atomic mass is 9.76. The van der Waals surface area contributed by atoms with E-state index in [1.807, 2.05) is 6.21 Å². The maximum atomic E-state index is 13.4. The number of allylic oxidation sites excluding steroid dienone is 1. The molecule has 2 saturated carbocycles. The van der Waals surface area contributed by atoms with Gasteiger partial charge in [0.15, 0.2) is 0 Å². The summed E-state index contributed by atoms with van der Waals surface area (Å²) in [5, 5.41) is 3.95. The Hall–Kier alpha value is -1.54. The topological polar surface area (TPSA) is 52.4 Å². The van der Waals surface area contributed by atoms with Crippen molar-refractivity contribution in [2.45, 2.75) is 134 Å². The van der Waals surface area contributed by atoms with Crippen molar-refractivity contribution in [3.8, 4) is 0 Å². The molecular formula is C29H46F3N5. The van der Waals surface area contributed by atoms with Gasteiger partial charge in [-0.1, -0.05) is 26.7 Å². The van der Waals surface area contributed by atoms with Crippen molar-refractivity contribution in [2.24, 2.45) is 26.8 Å². The van der Waals surface area contributed by atoms with Crippen molar-refractivity contribution in [2.75, 3.05) is 7.05 Å². The van der Waals surface area contributed by atoms with Crippen LogP contribution in [0.5, 0.6) is 0 Å². The Labute approximate surface area is 221 Å². The van der Waals surface area contributed by atoms with Crippen molar-refractivity contribution in [3.63, 3.8) is 0 Å². The number of halogens is 3. The first-order valence-corrected chi connectivity index (χ1v) is 14.5. The van der Waals surface area contributed by atoms with Gasteiger partial charge in [-0.05, 0) is 70.8 Å². The molecule has 0 amide bonds. The molecule has 4 rings (SSSR count). The van der Waals surface area contributed by atoms with Gasteiger partial charge in [0.05, 0.1) is 23.0 Å². The Morgan fingerprint density at radius 3 is 2.38 bits per heavy atom. The Bertz CT molecular complexity index is 896. The first-order chi connectivity index (χ1) is 17.6. The number of nitrogens with zero attached hydrogens (tertiary/aromatic N) is 4. The van der Waals surface area contributed by atoms with Gasteiger partial charge in [-0.2, -0.15) is 13.2 Å². The molecule has 0 bridgehead atoms. The second-order valence-corrected chi connectivity index (χ2v) is 12.2. The van der Waals surface area contributed by atoms with Crippen molar-refractivity contribution in [3.05, 3.63) is 11.8 Å². The number of nitrogens with one attached hydrogen (secondary N) is 1. The summed E-state index contributed by atoms with van der Waals surface area (Å²) in [5.41, 5.74) is 2.92. The number of piperazine rings is 1. The van der Waals surface area contributed by atoms with Crippen LogP contribution in [0.1, 0.15) is 91.9 Å². The molecule has 1 N–H and O–H groups in total. The van der Waals surface area contributed by atoms with Crippen LogP contribution >= 0.6 is 0 Å². The highest BCUT2D eigenvalue weighted by Gasteiger charge is 2.49. The zero-order valence-corrected chi connectivity index (χ0v) is 23.3. The zero-order valence-electron chi connectivity index (χ0n) is 23.3. The van der Waals surface area contributed by atoms with E-state index in [2.05, 4.69) is 49.0 Å². The summed E-state index contributed by atoms with van der Waals surface area (Å²) in [6.07, 6.45) is 8.10. The summed E-state index contributed by atoms with van der Waals surface area (Å²) in [5.74, 6) is -0.674. The van der Waals surface area contributed by atoms with Gasteiger partial charge in [-0.25, -0.2) is 0 Å². The number of aliphatic imine (C=N–C) groups is 3. The fourth-order valence-electron chi connectivity index (χ4n) is 7.04. The molecule has 37 heavy (non-hydrogen) atoms. The van der Waals surface area contributed by atoms with Crippen LogP contribution in [-0.4, -0.2) is 72.0 Å². The van der Waals surface area contributed by atoms with E-state index in [1.54, 1.807) is 7.05 Å². The second-order valence-electron chi connectivity index (χ2n) is 12.2. The van der Waals surface area contributed by atoms with Gasteiger partial charge in [0, 0.05) is 55.9 Å². The van der Waals surface area contributed by atoms with E-state index in [9.17, 15) is 13.2 Å². The Morgan fingerprint density at radius 1 is 1.05 bits per heavy atom. The summed E-state index contributed by atoms with van der Waals surface area (Å²) in [4.78, 5) is 17.0. The molecule has 3 aliphatic carbocycles. The monoisotopic (exact) mass is 521 g/mol. The van der Waals surface area contributed by atoms with Crippen LogP contribution < -0.4 is 5.32 Å². The van der Waals surface area contributed by atoms with Crippen molar-refractivity contribution in [1.82, 2.24) is 10.2 Å². The average Bonchev–Trinajstić information content (AvgIpc) is 2.82. The predicted octanol–water partition coefficient (Wildman–Crippen LogP) is 6.39. The lowest BCUT2D eigenvalue weighted by molar-refractivity contribution is -0.186. The van der Waals surface area contributed by atoms with E-state index in [4.69, 9.17) is 9.98 Å². The van der Waals surface area contributed by atoms with Crippen LogP contribution in [-0.2, 0) is 0 Å². The normalized spacial score (nSPS) is 35.2. The van der Waals surface area contributed by atoms with Crippen LogP contribution in [0.25, 0.3) is 0 Å². The van der Waals surface area contributed by atoms with Crippen LogP contribution in [0.15, 0.2) is 26.8 Å². The minimum absolute atomic E-state index is 0.128. The SMILES string of the molecule is CN=CC(CC(C)C)=NC1=CC2NC3CCCCC3N(C3CCC(C(F)(F)F)CC3)C2CC1=NC(C)C. The fourth-order valence-corrected chi connectivity index (χ4v) is 7.04. The van der Waals surface area contributed by atoms with E-state index in [0.717, 1.165) is 42.8 Å². The largest absolute Gasteiger partial charge is 0.391 e. The number of rotatable bonds is 6. The minimum atomic E-state index is -4.07. The number of hydrogen-bond acceptors (Lipinski definition) is 5. The maximum absolute atomic E-state index is 13.4. The maximum Gasteiger partial charge on any atom is 0.391 e. The number of fused-ring (bicyclic) bond motifs is 2. The van der Waals surface area contributed by atoms with Crippen LogP contribution in [0.2, 0.25) is 0 Å². The van der Waals surface area contributed by atoms with Gasteiger partial charge in [0.2, 0.25) is 0 Å². The molecular weight excluding hydrogens is 475 g/mol. The van der Waals surface area contributed by atoms with E-state index in [0.29, 0.717) is 30.8 Å². The highest BCUT2D eigenvalue weighted by Crippen LogP contribution is 2.43. The summed E-state index contributed by atoms with van der Waals surface area (Å²) < 4.78 is 40.3. The zero-order chi connectivity index (χ0) is 26.7. The highest BCUT2D eigenvalue weighted by molar-refractivity contribution is 6.31. The summed E-state index contributed by atoms with van der Waals surface area (Å²) >= 11 is 0. The third-order valence-electron chi connectivity index (χ3n) is 8.51. The van der Waals surface area contributed by atoms with E-state index >= 15 is 0 Å². The molecule has 0 spiro atoms. The van der Waals surface area contributed by atoms with Crippen LogP contribution in [0.4, 0.5) is 13.2 Å². The lowest BCUT2D eigenvalue weighted by Gasteiger charge is -2.57. The fraction of sp³-hybridized carbons (Fsp3) is 0.828. The number of hydrogen-bond donors (Lipinski definition) is 1. The molecule has 4 aliphatic rings. The van der Waals surface area contributed by atoms with Gasteiger partial charge in [-0.15, -0.1) is 0 Å². The molecule has 8 heteroatoms. The predicted molar refractivity (Wildman–Crippen MR) is 147 cm³/mol. The summed E-state index contributed by atoms with van der Waals surface area (Å²) in [6, 6.07) is 1.46. The standard InChI is InChI=1S/C29H46F3N5/c1-18(2)14-21(17-33-5)35-24-15-26-28(16-25(24)34-19(3)4)37(27-9-7-6-8-23(27)36-26)22-12-10-20(11-13-22)29(30,31)32/h15,17-20,22-23,26-28,36H,6-14,16H2,1-5H3. The van der Waals surface area contributed by atoms with Crippen molar-refractivity contribution in [1.29, 1.82) is 0 Å². The van der Waals surface area contributed by atoms with E-state index in [-0.39, 0.29) is 37.0 Å². The van der Waals surface area contributed by atoms with Gasteiger partial charge in [0.1, 0.15) is 0 Å². The average molecular weight is 522 g/mol. The number of alkyl halides is 3. The molecule has 4 unspecified atom stereocenters. The van der Waals surface area contributed by atoms with Crippen LogP contribution in [0, 0.1) is 11.8 Å². The molecule has 0 aromatic carbocycles. The Morgan fingerprint density at radius 2 is 1.76 bits per heavy atom. The third-order valence-corrected chi connectivity index (χ3v) is 8.51. The lowest BCUT2D eigenvalue weighted by Crippen LogP contribution is -2.70. The smallest absolute Gasteiger partial charge is 0.305 e. The molecule has 0 aromatic heterocycles. The summed E-state index contributed by atoms with van der Waals surface area (Å²) in [6.45, 7) is 8.56. The van der Waals surface area contributed by atoms with Crippen molar-refractivity contribution < 1.29 is 13.2 Å². The van der Waals surface area contributed by atoms with Crippen LogP contribution in [0.3, 0.4) is 0 Å². The van der Waals surface area contributed by atoms with E-state index in [1.165, 1.54) is 12.8 Å². The van der Waals surface area contributed by atoms with Crippen molar-refractivity contribution >= 4 is 17.6 Å². The minimum Gasteiger partial charge on any atom is -0.305 e. The molecule has 5 nitrogen and oxygen atoms in total. The molecule has 0 radical (unpaired) electrons. The highest BCUT2D eigenvalue weighted by atomic mass is 19.4. The Kier molecular flexibility index (Phi) is 9.31.